The fraction of sp³-hybridized carbons (Fsp3) is 0.138. The van der Waals surface area contributed by atoms with Gasteiger partial charge in [-0.3, -0.25) is 14.4 Å². The van der Waals surface area contributed by atoms with Crippen molar-refractivity contribution < 1.29 is 18.8 Å². The number of furan rings is 1. The SMILES string of the molecule is O=C(c1ccco1)[C@@H]1[C@@H]2C(=O)N(c3cccc4ccccc34)C(=O)[C@@H]2[C@@H]2c3ccccc3C=CN12. The molecule has 0 spiro atoms. The highest BCUT2D eigenvalue weighted by atomic mass is 16.3. The average molecular weight is 460 g/mol. The van der Waals surface area contributed by atoms with Gasteiger partial charge in [-0.2, -0.15) is 0 Å². The molecule has 35 heavy (non-hydrogen) atoms. The highest BCUT2D eigenvalue weighted by molar-refractivity contribution is 6.27. The molecule has 4 atom stereocenters. The summed E-state index contributed by atoms with van der Waals surface area (Å²) in [5.74, 6) is -2.23. The molecule has 6 nitrogen and oxygen atoms in total. The first kappa shape index (κ1) is 20.0. The molecule has 3 aliphatic rings. The molecule has 3 aromatic carbocycles. The maximum absolute atomic E-state index is 14.1. The van der Waals surface area contributed by atoms with E-state index in [1.807, 2.05) is 77.8 Å². The maximum Gasteiger partial charge on any atom is 0.240 e. The van der Waals surface area contributed by atoms with E-state index >= 15 is 0 Å². The smallest absolute Gasteiger partial charge is 0.240 e. The van der Waals surface area contributed by atoms with E-state index in [0.717, 1.165) is 21.9 Å². The van der Waals surface area contributed by atoms with Crippen molar-refractivity contribution in [1.29, 1.82) is 0 Å². The number of nitrogens with zero attached hydrogens (tertiary/aromatic N) is 2. The highest BCUT2D eigenvalue weighted by Gasteiger charge is 2.65. The number of Topliss-reactive ketones (excluding diaryl/α,β-unsaturated/α-hetero) is 1. The molecule has 1 aromatic heterocycles. The zero-order valence-electron chi connectivity index (χ0n) is 18.6. The van der Waals surface area contributed by atoms with Crippen LogP contribution in [0.25, 0.3) is 16.8 Å². The van der Waals surface area contributed by atoms with Crippen molar-refractivity contribution in [3.05, 3.63) is 108 Å². The van der Waals surface area contributed by atoms with Crippen molar-refractivity contribution in [2.24, 2.45) is 11.8 Å². The number of carbonyl (C=O) groups is 3. The lowest BCUT2D eigenvalue weighted by atomic mass is 9.84. The zero-order valence-corrected chi connectivity index (χ0v) is 18.6. The number of anilines is 1. The van der Waals surface area contributed by atoms with Crippen molar-refractivity contribution >= 4 is 40.1 Å². The summed E-state index contributed by atoms with van der Waals surface area (Å²) < 4.78 is 5.43. The second-order valence-corrected chi connectivity index (χ2v) is 9.18. The second kappa shape index (κ2) is 7.27. The lowest BCUT2D eigenvalue weighted by Gasteiger charge is -2.35. The van der Waals surface area contributed by atoms with E-state index in [-0.39, 0.29) is 23.4 Å². The van der Waals surface area contributed by atoms with Crippen LogP contribution < -0.4 is 4.90 Å². The van der Waals surface area contributed by atoms with Gasteiger partial charge in [0.25, 0.3) is 0 Å². The quantitative estimate of drug-likeness (QED) is 0.324. The second-order valence-electron chi connectivity index (χ2n) is 9.18. The summed E-state index contributed by atoms with van der Waals surface area (Å²) in [5.41, 5.74) is 2.49. The van der Waals surface area contributed by atoms with Crippen molar-refractivity contribution in [1.82, 2.24) is 4.90 Å². The average Bonchev–Trinajstić information content (AvgIpc) is 3.60. The van der Waals surface area contributed by atoms with Gasteiger partial charge in [-0.25, -0.2) is 4.90 Å². The number of ketones is 1. The van der Waals surface area contributed by atoms with E-state index in [2.05, 4.69) is 0 Å². The molecule has 3 aliphatic heterocycles. The van der Waals surface area contributed by atoms with Crippen LogP contribution in [0.15, 0.2) is 95.7 Å². The normalized spacial score (nSPS) is 24.6. The van der Waals surface area contributed by atoms with Gasteiger partial charge in [0.15, 0.2) is 5.76 Å². The molecule has 0 radical (unpaired) electrons. The number of hydrogen-bond acceptors (Lipinski definition) is 5. The van der Waals surface area contributed by atoms with Gasteiger partial charge in [-0.1, -0.05) is 60.7 Å². The first-order valence-electron chi connectivity index (χ1n) is 11.6. The standard InChI is InChI=1S/C29H20N2O4/c32-27(22-13-6-16-35-22)26-24-23(25-20-11-4-2-8-18(20)14-15-30(25)26)28(33)31(29(24)34)21-12-5-9-17-7-1-3-10-19(17)21/h1-16,23-26H/t23-,24+,25-,26-/m0/s1. The van der Waals surface area contributed by atoms with Crippen LogP contribution in [0.2, 0.25) is 0 Å². The van der Waals surface area contributed by atoms with Gasteiger partial charge in [0.1, 0.15) is 6.04 Å². The van der Waals surface area contributed by atoms with Gasteiger partial charge < -0.3 is 9.32 Å². The van der Waals surface area contributed by atoms with Crippen LogP contribution >= 0.6 is 0 Å². The number of rotatable bonds is 3. The lowest BCUT2D eigenvalue weighted by Crippen LogP contribution is -2.44. The molecular formula is C29H20N2O4. The van der Waals surface area contributed by atoms with Gasteiger partial charge in [-0.15, -0.1) is 0 Å². The molecule has 2 amide bonds. The minimum Gasteiger partial charge on any atom is -0.461 e. The third-order valence-electron chi connectivity index (χ3n) is 7.50. The van der Waals surface area contributed by atoms with E-state index in [1.165, 1.54) is 11.2 Å². The fourth-order valence-electron chi connectivity index (χ4n) is 6.06. The first-order chi connectivity index (χ1) is 17.1. The molecule has 2 saturated heterocycles. The molecule has 170 valence electrons. The van der Waals surface area contributed by atoms with Crippen LogP contribution in [0.4, 0.5) is 5.69 Å². The lowest BCUT2D eigenvalue weighted by molar-refractivity contribution is -0.123. The van der Waals surface area contributed by atoms with Gasteiger partial charge >= 0.3 is 0 Å². The Balaban J connectivity index is 1.41. The molecule has 0 bridgehead atoms. The molecule has 0 unspecified atom stereocenters. The Hall–Kier alpha value is -4.45. The number of carbonyl (C=O) groups excluding carboxylic acids is 3. The third kappa shape index (κ3) is 2.68. The van der Waals surface area contributed by atoms with Gasteiger partial charge in [0, 0.05) is 11.6 Å². The van der Waals surface area contributed by atoms with Gasteiger partial charge in [0.2, 0.25) is 17.6 Å². The molecule has 2 fully saturated rings. The summed E-state index contributed by atoms with van der Waals surface area (Å²) in [6.45, 7) is 0. The predicted molar refractivity (Wildman–Crippen MR) is 130 cm³/mol. The molecule has 4 aromatic rings. The fourth-order valence-corrected chi connectivity index (χ4v) is 6.06. The van der Waals surface area contributed by atoms with E-state index in [4.69, 9.17) is 4.42 Å². The number of imide groups is 1. The number of benzene rings is 3. The Morgan fingerprint density at radius 3 is 2.43 bits per heavy atom. The van der Waals surface area contributed by atoms with E-state index < -0.39 is 23.9 Å². The van der Waals surface area contributed by atoms with Crippen molar-refractivity contribution in [3.8, 4) is 0 Å². The summed E-state index contributed by atoms with van der Waals surface area (Å²) in [5, 5.41) is 1.77. The van der Waals surface area contributed by atoms with E-state index in [1.54, 1.807) is 18.2 Å². The molecule has 0 saturated carbocycles. The van der Waals surface area contributed by atoms with Crippen molar-refractivity contribution in [3.63, 3.8) is 0 Å². The monoisotopic (exact) mass is 460 g/mol. The summed E-state index contributed by atoms with van der Waals surface area (Å²) in [6.07, 6.45) is 5.23. The maximum atomic E-state index is 14.1. The number of amides is 2. The van der Waals surface area contributed by atoms with E-state index in [9.17, 15) is 14.4 Å². The highest BCUT2D eigenvalue weighted by Crippen LogP contribution is 2.54. The van der Waals surface area contributed by atoms with Crippen molar-refractivity contribution in [2.45, 2.75) is 12.1 Å². The first-order valence-corrected chi connectivity index (χ1v) is 11.6. The topological polar surface area (TPSA) is 70.8 Å². The Morgan fingerprint density at radius 2 is 1.57 bits per heavy atom. The Bertz CT molecular complexity index is 1550. The van der Waals surface area contributed by atoms with Crippen LogP contribution in [0.3, 0.4) is 0 Å². The molecule has 7 rings (SSSR count). The number of hydrogen-bond donors (Lipinski definition) is 0. The van der Waals surface area contributed by atoms with Crippen LogP contribution in [0.1, 0.15) is 27.7 Å². The summed E-state index contributed by atoms with van der Waals surface area (Å²) in [4.78, 5) is 45.0. The number of fused-ring (bicyclic) bond motifs is 6. The Kier molecular flexibility index (Phi) is 4.15. The van der Waals surface area contributed by atoms with Crippen LogP contribution in [0.5, 0.6) is 0 Å². The molecule has 0 N–H and O–H groups in total. The van der Waals surface area contributed by atoms with E-state index in [0.29, 0.717) is 5.69 Å². The van der Waals surface area contributed by atoms with Crippen LogP contribution in [0, 0.1) is 11.8 Å². The minimum absolute atomic E-state index is 0.186. The minimum atomic E-state index is -0.836. The largest absolute Gasteiger partial charge is 0.461 e. The molecule has 4 heterocycles. The Morgan fingerprint density at radius 1 is 0.800 bits per heavy atom. The summed E-state index contributed by atoms with van der Waals surface area (Å²) in [6, 6.07) is 23.1. The molecular weight excluding hydrogens is 440 g/mol. The van der Waals surface area contributed by atoms with Crippen LogP contribution in [-0.4, -0.2) is 28.5 Å². The van der Waals surface area contributed by atoms with Gasteiger partial charge in [0.05, 0.1) is 29.8 Å². The van der Waals surface area contributed by atoms with Gasteiger partial charge in [-0.05, 0) is 40.8 Å². The third-order valence-corrected chi connectivity index (χ3v) is 7.50. The Labute approximate surface area is 201 Å². The predicted octanol–water partition coefficient (Wildman–Crippen LogP) is 4.83. The van der Waals surface area contributed by atoms with Crippen LogP contribution in [-0.2, 0) is 9.59 Å². The molecule has 0 aliphatic carbocycles. The molecule has 6 heteroatoms. The summed E-state index contributed by atoms with van der Waals surface area (Å²) in [7, 11) is 0. The zero-order chi connectivity index (χ0) is 23.7. The summed E-state index contributed by atoms with van der Waals surface area (Å²) >= 11 is 0. The van der Waals surface area contributed by atoms with Crippen molar-refractivity contribution in [2.75, 3.05) is 4.90 Å².